The predicted molar refractivity (Wildman–Crippen MR) is 91.1 cm³/mol. The minimum Gasteiger partial charge on any atom is -0.544 e. The van der Waals surface area contributed by atoms with Gasteiger partial charge < -0.3 is 13.7 Å². The zero-order chi connectivity index (χ0) is 17.3. The summed E-state index contributed by atoms with van der Waals surface area (Å²) >= 11 is 0. The van der Waals surface area contributed by atoms with Crippen molar-refractivity contribution in [3.05, 3.63) is 36.1 Å². The maximum atomic E-state index is 11.7. The normalized spacial score (nSPS) is 12.1. The Morgan fingerprint density at radius 1 is 1.17 bits per heavy atom. The number of methoxy groups -OCH3 is 1. The van der Waals surface area contributed by atoms with Gasteiger partial charge in [-0.05, 0) is 42.4 Å². The van der Waals surface area contributed by atoms with Crippen molar-refractivity contribution in [2.75, 3.05) is 7.11 Å². The third-order valence-corrected chi connectivity index (χ3v) is 8.64. The molecule has 0 spiro atoms. The molecule has 124 valence electrons. The number of hydrogen-bond donors (Lipinski definition) is 0. The molecule has 0 bridgehead atoms. The van der Waals surface area contributed by atoms with Crippen LogP contribution in [0.15, 0.2) is 35.1 Å². The number of aromatic nitrogens is 1. The van der Waals surface area contributed by atoms with Gasteiger partial charge in [-0.2, -0.15) is 0 Å². The smallest absolute Gasteiger partial charge is 0.343 e. The zero-order valence-electron chi connectivity index (χ0n) is 14.5. The lowest BCUT2D eigenvalue weighted by atomic mass is 10.1. The van der Waals surface area contributed by atoms with E-state index in [4.69, 9.17) is 13.7 Å². The molecule has 23 heavy (non-hydrogen) atoms. The fourth-order valence-electron chi connectivity index (χ4n) is 1.83. The quantitative estimate of drug-likeness (QED) is 0.608. The van der Waals surface area contributed by atoms with Crippen LogP contribution < -0.4 is 4.43 Å². The van der Waals surface area contributed by atoms with Crippen molar-refractivity contribution < 1.29 is 18.5 Å². The predicted octanol–water partition coefficient (Wildman–Crippen LogP) is 4.51. The van der Waals surface area contributed by atoms with E-state index in [0.29, 0.717) is 11.3 Å². The third-order valence-electron chi connectivity index (χ3n) is 4.28. The van der Waals surface area contributed by atoms with E-state index in [1.54, 1.807) is 0 Å². The highest BCUT2D eigenvalue weighted by Crippen LogP contribution is 2.37. The van der Waals surface area contributed by atoms with Gasteiger partial charge in [0, 0.05) is 5.56 Å². The van der Waals surface area contributed by atoms with Crippen LogP contribution in [0.1, 0.15) is 31.1 Å². The summed E-state index contributed by atoms with van der Waals surface area (Å²) in [6, 6.07) is 7.52. The Balaban J connectivity index is 2.24. The van der Waals surface area contributed by atoms with Gasteiger partial charge in [-0.25, -0.2) is 4.79 Å². The average Bonchev–Trinajstić information content (AvgIpc) is 2.95. The second kappa shape index (κ2) is 6.20. The first kappa shape index (κ1) is 17.3. The van der Waals surface area contributed by atoms with Gasteiger partial charge in [0.2, 0.25) is 8.32 Å². The number of nitrogens with zero attached hydrogens (tertiary/aromatic N) is 1. The van der Waals surface area contributed by atoms with Gasteiger partial charge in [0.15, 0.2) is 0 Å². The molecule has 0 radical (unpaired) electrons. The fraction of sp³-hybridized carbons (Fsp3) is 0.412. The third kappa shape index (κ3) is 3.64. The molecule has 1 heterocycles. The number of benzene rings is 1. The summed E-state index contributed by atoms with van der Waals surface area (Å²) in [6.45, 7) is 11.0. The Morgan fingerprint density at radius 2 is 1.78 bits per heavy atom. The van der Waals surface area contributed by atoms with Crippen molar-refractivity contribution in [2.24, 2.45) is 0 Å². The Morgan fingerprint density at radius 3 is 2.30 bits per heavy atom. The van der Waals surface area contributed by atoms with E-state index in [2.05, 4.69) is 39.0 Å². The van der Waals surface area contributed by atoms with Crippen molar-refractivity contribution in [1.82, 2.24) is 5.16 Å². The Bertz CT molecular complexity index is 683. The first-order valence-corrected chi connectivity index (χ1v) is 10.4. The van der Waals surface area contributed by atoms with Crippen LogP contribution in [0.3, 0.4) is 0 Å². The largest absolute Gasteiger partial charge is 0.544 e. The second-order valence-corrected chi connectivity index (χ2v) is 11.7. The summed E-state index contributed by atoms with van der Waals surface area (Å²) < 4.78 is 15.9. The molecule has 2 rings (SSSR count). The molecule has 1 aromatic carbocycles. The Hall–Kier alpha value is -2.08. The molecule has 0 fully saturated rings. The molecular formula is C17H23NO4Si. The van der Waals surface area contributed by atoms with Gasteiger partial charge >= 0.3 is 5.97 Å². The van der Waals surface area contributed by atoms with E-state index >= 15 is 0 Å². The van der Waals surface area contributed by atoms with Gasteiger partial charge in [-0.15, -0.1) is 0 Å². The maximum absolute atomic E-state index is 11.7. The van der Waals surface area contributed by atoms with Crippen molar-refractivity contribution >= 4 is 14.3 Å². The summed E-state index contributed by atoms with van der Waals surface area (Å²) in [6.07, 6.45) is 1.29. The lowest BCUT2D eigenvalue weighted by Gasteiger charge is -2.36. The highest BCUT2D eigenvalue weighted by Gasteiger charge is 2.38. The van der Waals surface area contributed by atoms with E-state index in [9.17, 15) is 4.79 Å². The van der Waals surface area contributed by atoms with E-state index in [-0.39, 0.29) is 5.04 Å². The lowest BCUT2D eigenvalue weighted by Crippen LogP contribution is -2.43. The van der Waals surface area contributed by atoms with Crippen LogP contribution in [0, 0.1) is 0 Å². The minimum atomic E-state index is -1.87. The zero-order valence-corrected chi connectivity index (χ0v) is 15.5. The van der Waals surface area contributed by atoms with Crippen LogP contribution in [0.2, 0.25) is 18.1 Å². The van der Waals surface area contributed by atoms with Crippen LogP contribution in [-0.2, 0) is 4.74 Å². The van der Waals surface area contributed by atoms with Crippen LogP contribution in [-0.4, -0.2) is 26.6 Å². The van der Waals surface area contributed by atoms with Gasteiger partial charge in [0.05, 0.1) is 7.11 Å². The van der Waals surface area contributed by atoms with Gasteiger partial charge in [0.25, 0.3) is 0 Å². The molecule has 0 aliphatic rings. The summed E-state index contributed by atoms with van der Waals surface area (Å²) in [5.41, 5.74) is 1.56. The highest BCUT2D eigenvalue weighted by molar-refractivity contribution is 6.74. The number of esters is 1. The SMILES string of the molecule is COC(=O)c1conc1-c1ccc(O[Si](C)(C)C(C)(C)C)cc1. The van der Waals surface area contributed by atoms with Crippen molar-refractivity contribution in [3.63, 3.8) is 0 Å². The Kier molecular flexibility index (Phi) is 4.65. The number of rotatable bonds is 4. The van der Waals surface area contributed by atoms with E-state index < -0.39 is 14.3 Å². The number of ether oxygens (including phenoxy) is 1. The average molecular weight is 333 g/mol. The van der Waals surface area contributed by atoms with Crippen LogP contribution >= 0.6 is 0 Å². The lowest BCUT2D eigenvalue weighted by molar-refractivity contribution is 0.0600. The molecule has 0 atom stereocenters. The topological polar surface area (TPSA) is 61.6 Å². The van der Waals surface area contributed by atoms with Crippen molar-refractivity contribution in [1.29, 1.82) is 0 Å². The first-order valence-electron chi connectivity index (χ1n) is 7.48. The molecule has 0 unspecified atom stereocenters. The maximum Gasteiger partial charge on any atom is 0.343 e. The summed E-state index contributed by atoms with van der Waals surface area (Å²) in [5, 5.41) is 4.03. The highest BCUT2D eigenvalue weighted by atomic mass is 28.4. The van der Waals surface area contributed by atoms with Crippen LogP contribution in [0.5, 0.6) is 5.75 Å². The number of hydrogen-bond acceptors (Lipinski definition) is 5. The summed E-state index contributed by atoms with van der Waals surface area (Å²) in [4.78, 5) is 11.7. The first-order chi connectivity index (χ1) is 10.7. The summed E-state index contributed by atoms with van der Waals surface area (Å²) in [5.74, 6) is 0.353. The molecule has 5 nitrogen and oxygen atoms in total. The second-order valence-electron chi connectivity index (χ2n) is 6.96. The molecule has 0 saturated carbocycles. The molecule has 0 aliphatic heterocycles. The minimum absolute atomic E-state index is 0.135. The molecule has 1 aromatic heterocycles. The molecule has 0 amide bonds. The summed E-state index contributed by atoms with van der Waals surface area (Å²) in [7, 11) is -0.544. The van der Waals surface area contributed by atoms with Crippen LogP contribution in [0.25, 0.3) is 11.3 Å². The van der Waals surface area contributed by atoms with Gasteiger partial charge in [-0.3, -0.25) is 0 Å². The van der Waals surface area contributed by atoms with Gasteiger partial charge in [-0.1, -0.05) is 25.9 Å². The van der Waals surface area contributed by atoms with Crippen LogP contribution in [0.4, 0.5) is 0 Å². The monoisotopic (exact) mass is 333 g/mol. The standard InChI is InChI=1S/C17H23NO4Si/c1-17(2,3)23(5,6)22-13-9-7-12(8-10-13)15-14(11-21-18-15)16(19)20-4/h7-11H,1-6H3. The van der Waals surface area contributed by atoms with Gasteiger partial charge in [0.1, 0.15) is 23.3 Å². The van der Waals surface area contributed by atoms with E-state index in [1.165, 1.54) is 13.4 Å². The van der Waals surface area contributed by atoms with E-state index in [0.717, 1.165) is 11.3 Å². The molecule has 2 aromatic rings. The van der Waals surface area contributed by atoms with Crippen molar-refractivity contribution in [3.8, 4) is 17.0 Å². The van der Waals surface area contributed by atoms with E-state index in [1.807, 2.05) is 24.3 Å². The molecule has 6 heteroatoms. The number of carbonyl (C=O) groups excluding carboxylic acids is 1. The fourth-order valence-corrected chi connectivity index (χ4v) is 2.86. The van der Waals surface area contributed by atoms with Crippen molar-refractivity contribution in [2.45, 2.75) is 38.9 Å². The molecule has 0 N–H and O–H groups in total. The molecule has 0 saturated heterocycles. The molecule has 0 aliphatic carbocycles. The Labute approximate surface area is 137 Å². The molecular weight excluding hydrogens is 310 g/mol. The number of carbonyl (C=O) groups is 1.